The van der Waals surface area contributed by atoms with Crippen LogP contribution in [0.3, 0.4) is 0 Å². The molecule has 0 spiro atoms. The molecule has 1 saturated heterocycles. The molecule has 0 amide bonds. The molecule has 0 atom stereocenters. The summed E-state index contributed by atoms with van der Waals surface area (Å²) in [5, 5.41) is 18.9. The maximum Gasteiger partial charge on any atom is 0.183 e. The first-order valence-corrected chi connectivity index (χ1v) is 8.70. The molecule has 2 aromatic rings. The Kier molecular flexibility index (Phi) is 5.66. The van der Waals surface area contributed by atoms with Crippen LogP contribution in [-0.2, 0) is 0 Å². The van der Waals surface area contributed by atoms with Gasteiger partial charge in [-0.3, -0.25) is 4.90 Å². The second-order valence-electron chi connectivity index (χ2n) is 6.65. The summed E-state index contributed by atoms with van der Waals surface area (Å²) < 4.78 is 0. The summed E-state index contributed by atoms with van der Waals surface area (Å²) in [5.74, 6) is 3.06. The van der Waals surface area contributed by atoms with Crippen molar-refractivity contribution in [2.24, 2.45) is 5.73 Å². The molecular formula is C20H24BN2O2. The van der Waals surface area contributed by atoms with Crippen molar-refractivity contribution < 1.29 is 10.2 Å². The maximum absolute atomic E-state index is 9.63. The van der Waals surface area contributed by atoms with Crippen molar-refractivity contribution in [3.8, 4) is 11.5 Å². The molecule has 1 radical (unpaired) electrons. The molecule has 1 fully saturated rings. The Bertz CT molecular complexity index is 723. The molecule has 5 heteroatoms. The van der Waals surface area contributed by atoms with Gasteiger partial charge in [-0.05, 0) is 61.7 Å². The largest absolute Gasteiger partial charge is 0.508 e. The number of piperidine rings is 1. The monoisotopic (exact) mass is 335 g/mol. The van der Waals surface area contributed by atoms with Crippen LogP contribution in [-0.4, -0.2) is 42.0 Å². The summed E-state index contributed by atoms with van der Waals surface area (Å²) in [6.07, 6.45) is 2.16. The van der Waals surface area contributed by atoms with Gasteiger partial charge < -0.3 is 15.9 Å². The Morgan fingerprint density at radius 3 is 2.48 bits per heavy atom. The Labute approximate surface area is 149 Å². The Balaban J connectivity index is 1.48. The van der Waals surface area contributed by atoms with Gasteiger partial charge in [-0.15, -0.1) is 0 Å². The van der Waals surface area contributed by atoms with Crippen LogP contribution in [0.2, 0.25) is 0 Å². The zero-order valence-electron chi connectivity index (χ0n) is 14.3. The smallest absolute Gasteiger partial charge is 0.183 e. The van der Waals surface area contributed by atoms with E-state index in [0.717, 1.165) is 43.6 Å². The molecule has 0 aromatic heterocycles. The molecule has 1 aliphatic heterocycles. The molecule has 129 valence electrons. The van der Waals surface area contributed by atoms with E-state index in [1.165, 1.54) is 5.56 Å². The van der Waals surface area contributed by atoms with Gasteiger partial charge in [0.05, 0.1) is 0 Å². The van der Waals surface area contributed by atoms with Gasteiger partial charge in [0.2, 0.25) is 0 Å². The Hall–Kier alpha value is -2.40. The lowest BCUT2D eigenvalue weighted by atomic mass is 9.70. The highest BCUT2D eigenvalue weighted by Gasteiger charge is 2.20. The van der Waals surface area contributed by atoms with E-state index in [2.05, 4.69) is 11.0 Å². The van der Waals surface area contributed by atoms with Crippen molar-refractivity contribution in [1.82, 2.24) is 4.90 Å². The predicted molar refractivity (Wildman–Crippen MR) is 102 cm³/mol. The minimum Gasteiger partial charge on any atom is -0.508 e. The molecule has 1 heterocycles. The van der Waals surface area contributed by atoms with E-state index in [1.807, 2.05) is 37.5 Å². The van der Waals surface area contributed by atoms with Crippen LogP contribution in [0.4, 0.5) is 0 Å². The third-order valence-corrected chi connectivity index (χ3v) is 4.72. The van der Waals surface area contributed by atoms with Gasteiger partial charge in [0.15, 0.2) is 7.28 Å². The van der Waals surface area contributed by atoms with E-state index in [1.54, 1.807) is 18.2 Å². The first-order valence-electron chi connectivity index (χ1n) is 8.70. The number of benzene rings is 2. The normalized spacial score (nSPS) is 16.7. The lowest BCUT2D eigenvalue weighted by Crippen LogP contribution is -2.36. The number of hydrogen-bond acceptors (Lipinski definition) is 4. The van der Waals surface area contributed by atoms with Gasteiger partial charge in [0, 0.05) is 12.2 Å². The molecule has 0 saturated carbocycles. The quantitative estimate of drug-likeness (QED) is 0.732. The molecule has 3 rings (SSSR count). The van der Waals surface area contributed by atoms with Crippen molar-refractivity contribution >= 4 is 12.7 Å². The van der Waals surface area contributed by atoms with Crippen molar-refractivity contribution in [2.45, 2.75) is 18.8 Å². The average Bonchev–Trinajstić information content (AvgIpc) is 2.62. The highest BCUT2D eigenvalue weighted by Crippen LogP contribution is 2.29. The number of phenols is 2. The summed E-state index contributed by atoms with van der Waals surface area (Å²) in [6.45, 7) is 2.78. The summed E-state index contributed by atoms with van der Waals surface area (Å²) in [6, 6.07) is 14.7. The van der Waals surface area contributed by atoms with Gasteiger partial charge in [0.25, 0.3) is 0 Å². The zero-order valence-corrected chi connectivity index (χ0v) is 14.3. The zero-order chi connectivity index (χ0) is 17.6. The predicted octanol–water partition coefficient (Wildman–Crippen LogP) is 2.11. The number of aromatic hydroxyl groups is 2. The molecule has 2 aromatic carbocycles. The van der Waals surface area contributed by atoms with E-state index in [4.69, 9.17) is 5.73 Å². The summed E-state index contributed by atoms with van der Waals surface area (Å²) in [5.41, 5.74) is 9.23. The number of rotatable bonds is 5. The molecule has 4 nitrogen and oxygen atoms in total. The minimum atomic E-state index is 0.267. The van der Waals surface area contributed by atoms with Crippen LogP contribution < -0.4 is 11.2 Å². The number of phenolic OH excluding ortho intramolecular Hbond substituents is 2. The van der Waals surface area contributed by atoms with Crippen LogP contribution in [0.5, 0.6) is 11.5 Å². The van der Waals surface area contributed by atoms with Crippen molar-refractivity contribution in [2.75, 3.05) is 19.6 Å². The van der Waals surface area contributed by atoms with Crippen molar-refractivity contribution in [3.63, 3.8) is 0 Å². The topological polar surface area (TPSA) is 69.7 Å². The summed E-state index contributed by atoms with van der Waals surface area (Å²) in [7, 11) is 1.97. The van der Waals surface area contributed by atoms with Gasteiger partial charge >= 0.3 is 0 Å². The molecule has 25 heavy (non-hydrogen) atoms. The van der Waals surface area contributed by atoms with E-state index < -0.39 is 0 Å². The van der Waals surface area contributed by atoms with Crippen LogP contribution in [0.25, 0.3) is 0 Å². The molecule has 0 aliphatic carbocycles. The fourth-order valence-electron chi connectivity index (χ4n) is 3.30. The lowest BCUT2D eigenvalue weighted by molar-refractivity contribution is 0.227. The van der Waals surface area contributed by atoms with Crippen molar-refractivity contribution in [1.29, 1.82) is 0 Å². The standard InChI is InChI=1S/C20H24BN2O2/c22-18(13-21-17-4-6-19(24)7-5-17)14-23-10-8-15(9-11-23)16-2-1-3-20(25)12-16/h1-7,12-13,15,24-25H,8-11,14,22H2/b18-13-. The fraction of sp³-hybridized carbons (Fsp3) is 0.300. The average molecular weight is 335 g/mol. The molecular weight excluding hydrogens is 311 g/mol. The van der Waals surface area contributed by atoms with E-state index >= 15 is 0 Å². The number of likely N-dealkylation sites (tertiary alicyclic amines) is 1. The number of nitrogens with two attached hydrogens (primary N) is 1. The first-order chi connectivity index (χ1) is 12.1. The highest BCUT2D eigenvalue weighted by molar-refractivity contribution is 6.58. The molecule has 4 N–H and O–H groups in total. The van der Waals surface area contributed by atoms with E-state index in [0.29, 0.717) is 11.7 Å². The molecule has 0 bridgehead atoms. The van der Waals surface area contributed by atoms with Crippen LogP contribution >= 0.6 is 0 Å². The van der Waals surface area contributed by atoms with Gasteiger partial charge in [-0.25, -0.2) is 0 Å². The Morgan fingerprint density at radius 1 is 1.08 bits per heavy atom. The summed E-state index contributed by atoms with van der Waals surface area (Å²) in [4.78, 5) is 2.37. The second kappa shape index (κ2) is 8.12. The van der Waals surface area contributed by atoms with Gasteiger partial charge in [-0.2, -0.15) is 0 Å². The van der Waals surface area contributed by atoms with E-state index in [9.17, 15) is 10.2 Å². The lowest BCUT2D eigenvalue weighted by Gasteiger charge is -2.32. The van der Waals surface area contributed by atoms with Crippen LogP contribution in [0.1, 0.15) is 24.3 Å². The van der Waals surface area contributed by atoms with Gasteiger partial charge in [-0.1, -0.05) is 35.7 Å². The van der Waals surface area contributed by atoms with E-state index in [-0.39, 0.29) is 5.75 Å². The summed E-state index contributed by atoms with van der Waals surface area (Å²) >= 11 is 0. The minimum absolute atomic E-state index is 0.267. The number of nitrogens with zero attached hydrogens (tertiary/aromatic N) is 1. The third kappa shape index (κ3) is 5.04. The Morgan fingerprint density at radius 2 is 1.80 bits per heavy atom. The fourth-order valence-corrected chi connectivity index (χ4v) is 3.30. The van der Waals surface area contributed by atoms with Crippen LogP contribution in [0.15, 0.2) is 60.2 Å². The first kappa shape index (κ1) is 17.4. The maximum atomic E-state index is 9.63. The second-order valence-corrected chi connectivity index (χ2v) is 6.65. The molecule has 0 unspecified atom stereocenters. The number of hydrogen-bond donors (Lipinski definition) is 3. The molecule has 1 aliphatic rings. The SMILES string of the molecule is N/C(=C\[B]c1ccc(O)cc1)CN1CCC(c2cccc(O)c2)CC1. The highest BCUT2D eigenvalue weighted by atomic mass is 16.3. The third-order valence-electron chi connectivity index (χ3n) is 4.72. The van der Waals surface area contributed by atoms with Crippen molar-refractivity contribution in [3.05, 3.63) is 65.8 Å². The van der Waals surface area contributed by atoms with Gasteiger partial charge in [0.1, 0.15) is 11.5 Å². The van der Waals surface area contributed by atoms with Crippen LogP contribution in [0, 0.1) is 0 Å².